The molecule has 1 heterocycles. The van der Waals surface area contributed by atoms with Gasteiger partial charge in [-0.25, -0.2) is 9.37 Å². The second-order valence-electron chi connectivity index (χ2n) is 4.29. The van der Waals surface area contributed by atoms with Crippen LogP contribution in [0.3, 0.4) is 0 Å². The molecule has 0 fully saturated rings. The first-order chi connectivity index (χ1) is 8.60. The van der Waals surface area contributed by atoms with Crippen LogP contribution in [-0.4, -0.2) is 9.97 Å². The lowest BCUT2D eigenvalue weighted by atomic mass is 10.1. The van der Waals surface area contributed by atoms with Crippen molar-refractivity contribution in [2.45, 2.75) is 26.7 Å². The lowest BCUT2D eigenvalue weighted by molar-refractivity contribution is 0.618. The van der Waals surface area contributed by atoms with Gasteiger partial charge in [0.2, 0.25) is 0 Å². The van der Waals surface area contributed by atoms with Gasteiger partial charge in [0.05, 0.1) is 0 Å². The van der Waals surface area contributed by atoms with E-state index >= 15 is 0 Å². The van der Waals surface area contributed by atoms with Gasteiger partial charge in [0, 0.05) is 12.1 Å². The molecule has 1 aromatic carbocycles. The summed E-state index contributed by atoms with van der Waals surface area (Å²) < 4.78 is 13.8. The van der Waals surface area contributed by atoms with Crippen molar-refractivity contribution in [2.24, 2.45) is 0 Å². The summed E-state index contributed by atoms with van der Waals surface area (Å²) in [5.41, 5.74) is 2.45. The lowest BCUT2D eigenvalue weighted by Crippen LogP contribution is -1.97. The van der Waals surface area contributed by atoms with Crippen LogP contribution < -0.4 is 0 Å². The number of benzene rings is 1. The number of H-pyrrole nitrogens is 1. The van der Waals surface area contributed by atoms with Gasteiger partial charge in [-0.3, -0.25) is 0 Å². The van der Waals surface area contributed by atoms with Gasteiger partial charge in [0.25, 0.3) is 0 Å². The van der Waals surface area contributed by atoms with Gasteiger partial charge in [0.15, 0.2) is 0 Å². The molecule has 94 valence electrons. The highest BCUT2D eigenvalue weighted by Gasteiger charge is 2.04. The van der Waals surface area contributed by atoms with Crippen molar-refractivity contribution in [3.8, 4) is 11.3 Å². The highest BCUT2D eigenvalue weighted by atomic mass is 32.1. The molecule has 0 atom stereocenters. The largest absolute Gasteiger partial charge is 0.343 e. The highest BCUT2D eigenvalue weighted by molar-refractivity contribution is 7.71. The summed E-state index contributed by atoms with van der Waals surface area (Å²) >= 11 is 5.15. The van der Waals surface area contributed by atoms with Crippen LogP contribution in [0.25, 0.3) is 11.3 Å². The van der Waals surface area contributed by atoms with Crippen LogP contribution in [0.2, 0.25) is 0 Å². The van der Waals surface area contributed by atoms with Crippen LogP contribution in [-0.2, 0) is 6.42 Å². The lowest BCUT2D eigenvalue weighted by Gasteiger charge is -2.06. The standard InChI is InChI=1S/C14H15FN2S/c1-3-4-13-16-12(8-14(18)17-13)10-5-6-11(15)9(2)7-10/h5-8H,3-4H2,1-2H3,(H,16,17,18). The maximum atomic E-state index is 13.3. The van der Waals surface area contributed by atoms with E-state index in [0.717, 1.165) is 29.9 Å². The van der Waals surface area contributed by atoms with Crippen molar-refractivity contribution in [3.05, 3.63) is 46.1 Å². The Morgan fingerprint density at radius 1 is 1.33 bits per heavy atom. The number of hydrogen-bond acceptors (Lipinski definition) is 2. The molecule has 0 bridgehead atoms. The van der Waals surface area contributed by atoms with Crippen molar-refractivity contribution >= 4 is 12.2 Å². The Bertz CT molecular complexity index is 619. The SMILES string of the molecule is CCCc1nc(=S)cc(-c2ccc(F)c(C)c2)[nH]1. The summed E-state index contributed by atoms with van der Waals surface area (Å²) in [6, 6.07) is 6.84. The van der Waals surface area contributed by atoms with Crippen LogP contribution in [0.15, 0.2) is 24.3 Å². The molecule has 0 aliphatic heterocycles. The zero-order valence-electron chi connectivity index (χ0n) is 10.5. The van der Waals surface area contributed by atoms with Gasteiger partial charge in [-0.15, -0.1) is 0 Å². The van der Waals surface area contributed by atoms with Crippen LogP contribution in [0.5, 0.6) is 0 Å². The van der Waals surface area contributed by atoms with Crippen molar-refractivity contribution < 1.29 is 4.39 Å². The monoisotopic (exact) mass is 262 g/mol. The average molecular weight is 262 g/mol. The number of aromatic nitrogens is 2. The molecule has 0 aliphatic rings. The maximum Gasteiger partial charge on any atom is 0.130 e. The van der Waals surface area contributed by atoms with Gasteiger partial charge in [-0.2, -0.15) is 0 Å². The molecule has 2 aromatic rings. The Balaban J connectivity index is 2.49. The molecule has 0 saturated heterocycles. The third-order valence-corrected chi connectivity index (χ3v) is 2.96. The molecule has 0 saturated carbocycles. The quantitative estimate of drug-likeness (QED) is 0.839. The number of nitrogens with zero attached hydrogens (tertiary/aromatic N) is 1. The first kappa shape index (κ1) is 12.9. The van der Waals surface area contributed by atoms with Gasteiger partial charge >= 0.3 is 0 Å². The Morgan fingerprint density at radius 2 is 2.11 bits per heavy atom. The third kappa shape index (κ3) is 2.82. The molecular formula is C14H15FN2S. The fourth-order valence-corrected chi connectivity index (χ4v) is 2.06. The van der Waals surface area contributed by atoms with Crippen LogP contribution in [0, 0.1) is 17.4 Å². The van der Waals surface area contributed by atoms with Gasteiger partial charge < -0.3 is 4.98 Å². The van der Waals surface area contributed by atoms with E-state index in [-0.39, 0.29) is 5.82 Å². The molecular weight excluding hydrogens is 247 g/mol. The molecule has 0 spiro atoms. The molecule has 0 amide bonds. The van der Waals surface area contributed by atoms with Crippen molar-refractivity contribution in [2.75, 3.05) is 0 Å². The Hall–Kier alpha value is -1.55. The molecule has 4 heteroatoms. The van der Waals surface area contributed by atoms with Crippen LogP contribution >= 0.6 is 12.2 Å². The summed E-state index contributed by atoms with van der Waals surface area (Å²) in [6.07, 6.45) is 1.86. The van der Waals surface area contributed by atoms with E-state index in [1.165, 1.54) is 6.07 Å². The highest BCUT2D eigenvalue weighted by Crippen LogP contribution is 2.20. The number of aromatic amines is 1. The number of nitrogens with one attached hydrogen (secondary N) is 1. The van der Waals surface area contributed by atoms with E-state index in [2.05, 4.69) is 16.9 Å². The average Bonchev–Trinajstić information content (AvgIpc) is 2.32. The second-order valence-corrected chi connectivity index (χ2v) is 4.71. The van der Waals surface area contributed by atoms with Gasteiger partial charge in [-0.05, 0) is 48.7 Å². The van der Waals surface area contributed by atoms with Crippen molar-refractivity contribution in [3.63, 3.8) is 0 Å². The zero-order valence-corrected chi connectivity index (χ0v) is 11.3. The summed E-state index contributed by atoms with van der Waals surface area (Å²) in [5, 5.41) is 0. The summed E-state index contributed by atoms with van der Waals surface area (Å²) in [7, 11) is 0. The Kier molecular flexibility index (Phi) is 3.87. The third-order valence-electron chi connectivity index (χ3n) is 2.75. The van der Waals surface area contributed by atoms with Crippen LogP contribution in [0.1, 0.15) is 24.7 Å². The molecule has 0 radical (unpaired) electrons. The summed E-state index contributed by atoms with van der Waals surface area (Å²) in [5.74, 6) is 0.683. The fourth-order valence-electron chi connectivity index (χ4n) is 1.83. The van der Waals surface area contributed by atoms with Gasteiger partial charge in [-0.1, -0.05) is 19.1 Å². The Morgan fingerprint density at radius 3 is 2.78 bits per heavy atom. The number of aryl methyl sites for hydroxylation is 2. The van der Waals surface area contributed by atoms with Crippen LogP contribution in [0.4, 0.5) is 4.39 Å². The van der Waals surface area contributed by atoms with Crippen molar-refractivity contribution in [1.82, 2.24) is 9.97 Å². The number of hydrogen-bond donors (Lipinski definition) is 1. The predicted molar refractivity (Wildman–Crippen MR) is 73.5 cm³/mol. The molecule has 2 rings (SSSR count). The second kappa shape index (κ2) is 5.40. The van der Waals surface area contributed by atoms with Gasteiger partial charge in [0.1, 0.15) is 16.3 Å². The molecule has 1 N–H and O–H groups in total. The van der Waals surface area contributed by atoms with E-state index in [9.17, 15) is 4.39 Å². The smallest absolute Gasteiger partial charge is 0.130 e. The summed E-state index contributed by atoms with van der Waals surface area (Å²) in [4.78, 5) is 7.52. The number of rotatable bonds is 3. The molecule has 0 unspecified atom stereocenters. The van der Waals surface area contributed by atoms with E-state index in [1.807, 2.05) is 6.07 Å². The number of halogens is 1. The topological polar surface area (TPSA) is 28.7 Å². The zero-order chi connectivity index (χ0) is 13.1. The van der Waals surface area contributed by atoms with E-state index in [1.54, 1.807) is 19.1 Å². The van der Waals surface area contributed by atoms with E-state index in [0.29, 0.717) is 10.2 Å². The van der Waals surface area contributed by atoms with E-state index < -0.39 is 0 Å². The fraction of sp³-hybridized carbons (Fsp3) is 0.286. The molecule has 0 aliphatic carbocycles. The molecule has 2 nitrogen and oxygen atoms in total. The first-order valence-corrected chi connectivity index (χ1v) is 6.37. The molecule has 1 aromatic heterocycles. The Labute approximate surface area is 111 Å². The minimum atomic E-state index is -0.194. The normalized spacial score (nSPS) is 10.6. The predicted octanol–water partition coefficient (Wildman–Crippen LogP) is 4.21. The van der Waals surface area contributed by atoms with E-state index in [4.69, 9.17) is 12.2 Å². The molecule has 18 heavy (non-hydrogen) atoms. The minimum Gasteiger partial charge on any atom is -0.343 e. The minimum absolute atomic E-state index is 0.194. The maximum absolute atomic E-state index is 13.3. The summed E-state index contributed by atoms with van der Waals surface area (Å²) in [6.45, 7) is 3.84. The van der Waals surface area contributed by atoms with Crippen molar-refractivity contribution in [1.29, 1.82) is 0 Å². The first-order valence-electron chi connectivity index (χ1n) is 5.97.